The molecule has 1 aromatic rings. The average molecular weight is 180 g/mol. The zero-order chi connectivity index (χ0) is 9.26. The number of carbonyl (C=O) groups excluding carboxylic acids is 1. The molecule has 0 N–H and O–H groups in total. The van der Waals surface area contributed by atoms with Gasteiger partial charge in [0.1, 0.15) is 11.6 Å². The van der Waals surface area contributed by atoms with Crippen molar-refractivity contribution in [2.45, 2.75) is 12.8 Å². The first-order valence-corrected chi connectivity index (χ1v) is 4.38. The average Bonchev–Trinajstić information content (AvgIpc) is 2.53. The van der Waals surface area contributed by atoms with Gasteiger partial charge in [0.25, 0.3) is 0 Å². The Morgan fingerprint density at radius 2 is 2.08 bits per heavy atom. The third-order valence-electron chi connectivity index (χ3n) is 2.34. The number of Topliss-reactive ketones (excluding diaryl/α,β-unsaturated/α-hetero) is 1. The van der Waals surface area contributed by atoms with Gasteiger partial charge in [-0.2, -0.15) is 0 Å². The Morgan fingerprint density at radius 3 is 2.62 bits per heavy atom. The molecule has 70 valence electrons. The summed E-state index contributed by atoms with van der Waals surface area (Å²) < 4.78 is 1.73. The number of hydrogen-bond donors (Lipinski definition) is 0. The molecule has 0 saturated carbocycles. The van der Waals surface area contributed by atoms with Crippen LogP contribution < -0.4 is 4.90 Å². The number of anilines is 1. The highest BCUT2D eigenvalue weighted by molar-refractivity contribution is 5.80. The van der Waals surface area contributed by atoms with Crippen molar-refractivity contribution in [3.05, 3.63) is 6.20 Å². The maximum Gasteiger partial charge on any atom is 0.147 e. The molecule has 5 heteroatoms. The SMILES string of the molecule is Cn1nncc1N1CCC(=O)CC1. The second-order valence-electron chi connectivity index (χ2n) is 3.24. The number of ketones is 1. The molecule has 5 nitrogen and oxygen atoms in total. The maximum atomic E-state index is 11.0. The standard InChI is InChI=1S/C8H12N4O/c1-11-8(6-9-10-11)12-4-2-7(13)3-5-12/h6H,2-5H2,1H3. The highest BCUT2D eigenvalue weighted by atomic mass is 16.1. The summed E-state index contributed by atoms with van der Waals surface area (Å²) in [5, 5.41) is 7.65. The zero-order valence-electron chi connectivity index (χ0n) is 7.60. The molecule has 13 heavy (non-hydrogen) atoms. The Hall–Kier alpha value is -1.39. The summed E-state index contributed by atoms with van der Waals surface area (Å²) in [5.41, 5.74) is 0. The molecular weight excluding hydrogens is 168 g/mol. The minimum absolute atomic E-state index is 0.353. The van der Waals surface area contributed by atoms with Crippen LogP contribution in [0.2, 0.25) is 0 Å². The van der Waals surface area contributed by atoms with Crippen molar-refractivity contribution >= 4 is 11.6 Å². The summed E-state index contributed by atoms with van der Waals surface area (Å²) in [5.74, 6) is 1.35. The fourth-order valence-electron chi connectivity index (χ4n) is 1.56. The van der Waals surface area contributed by atoms with Crippen molar-refractivity contribution in [1.29, 1.82) is 0 Å². The van der Waals surface area contributed by atoms with Crippen LogP contribution in [-0.4, -0.2) is 33.9 Å². The lowest BCUT2D eigenvalue weighted by Crippen LogP contribution is -2.34. The number of carbonyl (C=O) groups is 1. The highest BCUT2D eigenvalue weighted by Gasteiger charge is 2.18. The monoisotopic (exact) mass is 180 g/mol. The van der Waals surface area contributed by atoms with Crippen LogP contribution >= 0.6 is 0 Å². The second kappa shape index (κ2) is 3.16. The van der Waals surface area contributed by atoms with E-state index in [1.54, 1.807) is 10.9 Å². The lowest BCUT2D eigenvalue weighted by atomic mass is 10.1. The van der Waals surface area contributed by atoms with Gasteiger partial charge < -0.3 is 4.90 Å². The van der Waals surface area contributed by atoms with E-state index in [-0.39, 0.29) is 0 Å². The smallest absolute Gasteiger partial charge is 0.147 e. The Kier molecular flexibility index (Phi) is 2.00. The van der Waals surface area contributed by atoms with Crippen LogP contribution in [0.25, 0.3) is 0 Å². The first kappa shape index (κ1) is 8.22. The van der Waals surface area contributed by atoms with Crippen LogP contribution in [0.5, 0.6) is 0 Å². The van der Waals surface area contributed by atoms with Crippen molar-refractivity contribution in [2.75, 3.05) is 18.0 Å². The van der Waals surface area contributed by atoms with Crippen LogP contribution in [-0.2, 0) is 11.8 Å². The van der Waals surface area contributed by atoms with E-state index < -0.39 is 0 Å². The third kappa shape index (κ3) is 1.54. The van der Waals surface area contributed by atoms with Gasteiger partial charge in [-0.3, -0.25) is 4.79 Å². The van der Waals surface area contributed by atoms with E-state index in [0.717, 1.165) is 18.9 Å². The van der Waals surface area contributed by atoms with E-state index in [2.05, 4.69) is 15.2 Å². The van der Waals surface area contributed by atoms with Crippen molar-refractivity contribution in [1.82, 2.24) is 15.0 Å². The molecule has 1 aliphatic rings. The molecule has 1 fully saturated rings. The number of nitrogens with zero attached hydrogens (tertiary/aromatic N) is 4. The molecule has 1 saturated heterocycles. The molecule has 0 amide bonds. The summed E-state index contributed by atoms with van der Waals surface area (Å²) in [6.45, 7) is 1.58. The van der Waals surface area contributed by atoms with Gasteiger partial charge in [0.2, 0.25) is 0 Å². The Bertz CT molecular complexity index is 310. The molecule has 1 aromatic heterocycles. The van der Waals surface area contributed by atoms with Crippen LogP contribution in [0.4, 0.5) is 5.82 Å². The van der Waals surface area contributed by atoms with Gasteiger partial charge in [0.15, 0.2) is 0 Å². The third-order valence-corrected chi connectivity index (χ3v) is 2.34. The first-order chi connectivity index (χ1) is 6.27. The lowest BCUT2D eigenvalue weighted by molar-refractivity contribution is -0.119. The number of piperidine rings is 1. The second-order valence-corrected chi connectivity index (χ2v) is 3.24. The number of aryl methyl sites for hydroxylation is 1. The van der Waals surface area contributed by atoms with E-state index in [1.807, 2.05) is 7.05 Å². The Labute approximate surface area is 76.3 Å². The summed E-state index contributed by atoms with van der Waals surface area (Å²) in [6, 6.07) is 0. The number of hydrogen-bond acceptors (Lipinski definition) is 4. The van der Waals surface area contributed by atoms with E-state index >= 15 is 0 Å². The fraction of sp³-hybridized carbons (Fsp3) is 0.625. The summed E-state index contributed by atoms with van der Waals surface area (Å²) >= 11 is 0. The molecule has 0 bridgehead atoms. The highest BCUT2D eigenvalue weighted by Crippen LogP contribution is 2.15. The molecule has 2 heterocycles. The molecule has 0 radical (unpaired) electrons. The topological polar surface area (TPSA) is 51.0 Å². The van der Waals surface area contributed by atoms with Crippen molar-refractivity contribution in [2.24, 2.45) is 7.05 Å². The van der Waals surface area contributed by atoms with Crippen molar-refractivity contribution < 1.29 is 4.79 Å². The van der Waals surface area contributed by atoms with E-state index in [0.29, 0.717) is 18.6 Å². The van der Waals surface area contributed by atoms with Crippen LogP contribution in [0.3, 0.4) is 0 Å². The molecule has 2 rings (SSSR count). The first-order valence-electron chi connectivity index (χ1n) is 4.38. The van der Waals surface area contributed by atoms with Gasteiger partial charge in [0, 0.05) is 33.0 Å². The largest absolute Gasteiger partial charge is 0.355 e. The summed E-state index contributed by atoms with van der Waals surface area (Å²) in [6.07, 6.45) is 3.02. The molecule has 0 atom stereocenters. The Morgan fingerprint density at radius 1 is 1.38 bits per heavy atom. The van der Waals surface area contributed by atoms with Crippen molar-refractivity contribution in [3.63, 3.8) is 0 Å². The van der Waals surface area contributed by atoms with Crippen LogP contribution in [0.15, 0.2) is 6.20 Å². The van der Waals surface area contributed by atoms with Crippen LogP contribution in [0.1, 0.15) is 12.8 Å². The maximum absolute atomic E-state index is 11.0. The minimum Gasteiger partial charge on any atom is -0.355 e. The van der Waals surface area contributed by atoms with Gasteiger partial charge in [-0.1, -0.05) is 5.21 Å². The predicted octanol–water partition coefficient (Wildman–Crippen LogP) is -0.0156. The van der Waals surface area contributed by atoms with E-state index in [1.165, 1.54) is 0 Å². The van der Waals surface area contributed by atoms with Gasteiger partial charge >= 0.3 is 0 Å². The Balaban J connectivity index is 2.10. The number of rotatable bonds is 1. The molecule has 1 aliphatic heterocycles. The van der Waals surface area contributed by atoms with Gasteiger partial charge in [-0.05, 0) is 0 Å². The fourth-order valence-corrected chi connectivity index (χ4v) is 1.56. The van der Waals surface area contributed by atoms with Gasteiger partial charge in [-0.25, -0.2) is 4.68 Å². The van der Waals surface area contributed by atoms with Gasteiger partial charge in [-0.15, -0.1) is 5.10 Å². The number of aromatic nitrogens is 3. The normalized spacial score (nSPS) is 17.9. The zero-order valence-corrected chi connectivity index (χ0v) is 7.60. The summed E-state index contributed by atoms with van der Waals surface area (Å²) in [4.78, 5) is 13.1. The molecule has 0 unspecified atom stereocenters. The van der Waals surface area contributed by atoms with Gasteiger partial charge in [0.05, 0.1) is 6.20 Å². The predicted molar refractivity (Wildman–Crippen MR) is 47.5 cm³/mol. The summed E-state index contributed by atoms with van der Waals surface area (Å²) in [7, 11) is 1.86. The van der Waals surface area contributed by atoms with Crippen molar-refractivity contribution in [3.8, 4) is 0 Å². The quantitative estimate of drug-likeness (QED) is 0.609. The van der Waals surface area contributed by atoms with E-state index in [4.69, 9.17) is 0 Å². The minimum atomic E-state index is 0.353. The molecule has 0 aromatic carbocycles. The molecule has 0 spiro atoms. The lowest BCUT2D eigenvalue weighted by Gasteiger charge is -2.26. The van der Waals surface area contributed by atoms with E-state index in [9.17, 15) is 4.79 Å². The van der Waals surface area contributed by atoms with Crippen LogP contribution in [0, 0.1) is 0 Å². The molecule has 0 aliphatic carbocycles. The molecular formula is C8H12N4O.